The highest BCUT2D eigenvalue weighted by Crippen LogP contribution is 1.91. The second kappa shape index (κ2) is 8.32. The van der Waals surface area contributed by atoms with Crippen LogP contribution in [0.5, 0.6) is 0 Å². The number of carbonyl (C=O) groups is 3. The fourth-order valence-corrected chi connectivity index (χ4v) is 1.39. The van der Waals surface area contributed by atoms with Gasteiger partial charge in [-0.15, -0.1) is 0 Å². The van der Waals surface area contributed by atoms with Crippen molar-refractivity contribution in [3.63, 3.8) is 0 Å². The quantitative estimate of drug-likeness (QED) is 0.600. The van der Waals surface area contributed by atoms with Crippen molar-refractivity contribution in [2.24, 2.45) is 0 Å². The molecule has 0 aromatic rings. The van der Waals surface area contributed by atoms with E-state index in [2.05, 4.69) is 10.6 Å². The first-order valence-corrected chi connectivity index (χ1v) is 6.01. The zero-order chi connectivity index (χ0) is 14.1. The molecule has 0 aliphatic rings. The number of nitrogens with zero attached hydrogens (tertiary/aromatic N) is 1. The summed E-state index contributed by atoms with van der Waals surface area (Å²) in [5, 5.41) is 13.4. The zero-order valence-corrected chi connectivity index (χ0v) is 11.0. The minimum atomic E-state index is -1.09. The molecule has 3 amide bonds. The Bertz CT molecular complexity index is 303. The molecular weight excluding hydrogens is 238 g/mol. The van der Waals surface area contributed by atoms with Crippen molar-refractivity contribution < 1.29 is 19.5 Å². The van der Waals surface area contributed by atoms with Crippen LogP contribution in [-0.4, -0.2) is 53.6 Å². The van der Waals surface area contributed by atoms with E-state index < -0.39 is 18.0 Å². The molecular formula is C11H21N3O4. The van der Waals surface area contributed by atoms with Crippen LogP contribution in [0.2, 0.25) is 0 Å². The standard InChI is InChI=1S/C11H21N3O4/c1-4-8(10(16)17)13-11(18)12-7-9(15)14(5-2)6-3/h8H,4-7H2,1-3H3,(H,16,17)(H2,12,13,18)/t8-/m0/s1. The normalized spacial score (nSPS) is 11.5. The van der Waals surface area contributed by atoms with Gasteiger partial charge in [0.15, 0.2) is 0 Å². The van der Waals surface area contributed by atoms with Crippen molar-refractivity contribution in [2.75, 3.05) is 19.6 Å². The Morgan fingerprint density at radius 3 is 2.11 bits per heavy atom. The lowest BCUT2D eigenvalue weighted by Gasteiger charge is -2.19. The maximum absolute atomic E-state index is 11.6. The van der Waals surface area contributed by atoms with Gasteiger partial charge in [0.1, 0.15) is 6.04 Å². The average molecular weight is 259 g/mol. The minimum absolute atomic E-state index is 0.135. The van der Waals surface area contributed by atoms with Crippen LogP contribution in [0.4, 0.5) is 4.79 Å². The summed E-state index contributed by atoms with van der Waals surface area (Å²) >= 11 is 0. The van der Waals surface area contributed by atoms with E-state index in [0.29, 0.717) is 13.1 Å². The Balaban J connectivity index is 4.10. The molecule has 7 nitrogen and oxygen atoms in total. The van der Waals surface area contributed by atoms with Gasteiger partial charge < -0.3 is 20.6 Å². The first kappa shape index (κ1) is 16.2. The van der Waals surface area contributed by atoms with Crippen LogP contribution in [0, 0.1) is 0 Å². The molecule has 0 aliphatic carbocycles. The molecule has 0 radical (unpaired) electrons. The number of aliphatic carboxylic acids is 1. The molecule has 0 rings (SSSR count). The number of hydrogen-bond donors (Lipinski definition) is 3. The number of urea groups is 1. The molecule has 0 aromatic carbocycles. The average Bonchev–Trinajstić information content (AvgIpc) is 2.34. The number of carboxylic acid groups (broad SMARTS) is 1. The van der Waals surface area contributed by atoms with Gasteiger partial charge in [0.2, 0.25) is 5.91 Å². The topological polar surface area (TPSA) is 98.7 Å². The van der Waals surface area contributed by atoms with Gasteiger partial charge in [-0.1, -0.05) is 6.92 Å². The van der Waals surface area contributed by atoms with E-state index in [1.165, 1.54) is 0 Å². The van der Waals surface area contributed by atoms with E-state index in [1.54, 1.807) is 11.8 Å². The number of nitrogens with one attached hydrogen (secondary N) is 2. The van der Waals surface area contributed by atoms with Crippen molar-refractivity contribution in [1.29, 1.82) is 0 Å². The molecule has 0 heterocycles. The fraction of sp³-hybridized carbons (Fsp3) is 0.727. The van der Waals surface area contributed by atoms with E-state index in [4.69, 9.17) is 5.11 Å². The molecule has 0 aromatic heterocycles. The molecule has 18 heavy (non-hydrogen) atoms. The van der Waals surface area contributed by atoms with Crippen LogP contribution in [0.25, 0.3) is 0 Å². The third-order valence-electron chi connectivity index (χ3n) is 2.53. The molecule has 0 aliphatic heterocycles. The van der Waals surface area contributed by atoms with Crippen LogP contribution in [0.3, 0.4) is 0 Å². The van der Waals surface area contributed by atoms with Gasteiger partial charge in [0, 0.05) is 13.1 Å². The highest BCUT2D eigenvalue weighted by molar-refractivity contribution is 5.86. The first-order valence-electron chi connectivity index (χ1n) is 6.01. The van der Waals surface area contributed by atoms with Crippen LogP contribution in [0.15, 0.2) is 0 Å². The summed E-state index contributed by atoms with van der Waals surface area (Å²) in [7, 11) is 0. The highest BCUT2D eigenvalue weighted by atomic mass is 16.4. The largest absolute Gasteiger partial charge is 0.480 e. The Morgan fingerprint density at radius 1 is 1.17 bits per heavy atom. The molecule has 0 fully saturated rings. The Kier molecular flexibility index (Phi) is 7.50. The molecule has 0 bridgehead atoms. The van der Waals surface area contributed by atoms with E-state index in [0.717, 1.165) is 0 Å². The summed E-state index contributed by atoms with van der Waals surface area (Å²) in [5.74, 6) is -1.29. The molecule has 1 atom stereocenters. The van der Waals surface area contributed by atoms with E-state index in [1.807, 2.05) is 13.8 Å². The third kappa shape index (κ3) is 5.51. The second-order valence-electron chi connectivity index (χ2n) is 3.69. The molecule has 0 spiro atoms. The SMILES string of the molecule is CC[C@H](NC(=O)NCC(=O)N(CC)CC)C(=O)O. The number of hydrogen-bond acceptors (Lipinski definition) is 3. The smallest absolute Gasteiger partial charge is 0.326 e. The number of carboxylic acids is 1. The first-order chi connectivity index (χ1) is 8.46. The van der Waals surface area contributed by atoms with Crippen molar-refractivity contribution in [1.82, 2.24) is 15.5 Å². The maximum atomic E-state index is 11.6. The molecule has 0 unspecified atom stereocenters. The lowest BCUT2D eigenvalue weighted by Crippen LogP contribution is -2.48. The lowest BCUT2D eigenvalue weighted by atomic mass is 10.2. The maximum Gasteiger partial charge on any atom is 0.326 e. The molecule has 7 heteroatoms. The van der Waals surface area contributed by atoms with Crippen LogP contribution < -0.4 is 10.6 Å². The van der Waals surface area contributed by atoms with Crippen molar-refractivity contribution >= 4 is 17.9 Å². The van der Waals surface area contributed by atoms with Gasteiger partial charge in [-0.25, -0.2) is 9.59 Å². The fourth-order valence-electron chi connectivity index (χ4n) is 1.39. The monoisotopic (exact) mass is 259 g/mol. The van der Waals surface area contributed by atoms with E-state index in [-0.39, 0.29) is 18.9 Å². The van der Waals surface area contributed by atoms with Crippen LogP contribution in [0.1, 0.15) is 27.2 Å². The predicted molar refractivity (Wildman–Crippen MR) is 66.2 cm³/mol. The van der Waals surface area contributed by atoms with Gasteiger partial charge in [-0.2, -0.15) is 0 Å². The number of likely N-dealkylation sites (N-methyl/N-ethyl adjacent to an activating group) is 1. The number of carbonyl (C=O) groups excluding carboxylic acids is 2. The molecule has 0 saturated heterocycles. The molecule has 104 valence electrons. The number of amides is 3. The van der Waals surface area contributed by atoms with Gasteiger partial charge in [0.25, 0.3) is 0 Å². The second-order valence-corrected chi connectivity index (χ2v) is 3.69. The summed E-state index contributed by atoms with van der Waals surface area (Å²) in [6.45, 7) is 6.36. The van der Waals surface area contributed by atoms with E-state index >= 15 is 0 Å². The van der Waals surface area contributed by atoms with E-state index in [9.17, 15) is 14.4 Å². The predicted octanol–water partition coefficient (Wildman–Crippen LogP) is 0.0172. The summed E-state index contributed by atoms with van der Waals surface area (Å²) in [6.07, 6.45) is 0.284. The van der Waals surface area contributed by atoms with Crippen LogP contribution in [-0.2, 0) is 9.59 Å². The summed E-state index contributed by atoms with van der Waals surface area (Å²) in [5.41, 5.74) is 0. The Hall–Kier alpha value is -1.79. The lowest BCUT2D eigenvalue weighted by molar-refractivity contribution is -0.139. The van der Waals surface area contributed by atoms with Gasteiger partial charge in [-0.3, -0.25) is 4.79 Å². The van der Waals surface area contributed by atoms with Gasteiger partial charge >= 0.3 is 12.0 Å². The summed E-state index contributed by atoms with van der Waals surface area (Å²) < 4.78 is 0. The Morgan fingerprint density at radius 2 is 1.72 bits per heavy atom. The van der Waals surface area contributed by atoms with Gasteiger partial charge in [0.05, 0.1) is 6.54 Å². The molecule has 0 saturated carbocycles. The third-order valence-corrected chi connectivity index (χ3v) is 2.53. The van der Waals surface area contributed by atoms with Crippen molar-refractivity contribution in [3.05, 3.63) is 0 Å². The van der Waals surface area contributed by atoms with Crippen molar-refractivity contribution in [3.8, 4) is 0 Å². The summed E-state index contributed by atoms with van der Waals surface area (Å²) in [6, 6.07) is -1.58. The van der Waals surface area contributed by atoms with Crippen molar-refractivity contribution in [2.45, 2.75) is 33.2 Å². The highest BCUT2D eigenvalue weighted by Gasteiger charge is 2.18. The Labute approximate surface area is 107 Å². The van der Waals surface area contributed by atoms with Gasteiger partial charge in [-0.05, 0) is 20.3 Å². The number of rotatable bonds is 7. The van der Waals surface area contributed by atoms with Crippen LogP contribution >= 0.6 is 0 Å². The zero-order valence-electron chi connectivity index (χ0n) is 11.0. The minimum Gasteiger partial charge on any atom is -0.480 e. The molecule has 3 N–H and O–H groups in total. The summed E-state index contributed by atoms with van der Waals surface area (Å²) in [4.78, 5) is 35.2.